The van der Waals surface area contributed by atoms with E-state index in [4.69, 9.17) is 0 Å². The topological polar surface area (TPSA) is 62.0 Å². The summed E-state index contributed by atoms with van der Waals surface area (Å²) in [5, 5.41) is 4.03. The van der Waals surface area contributed by atoms with Crippen LogP contribution >= 0.6 is 22.6 Å². The Kier molecular flexibility index (Phi) is 4.15. The monoisotopic (exact) mass is 406 g/mol. The number of hydrogen-bond acceptors (Lipinski definition) is 2. The third-order valence-corrected chi connectivity index (χ3v) is 4.25. The van der Waals surface area contributed by atoms with Crippen LogP contribution in [0, 0.1) is 3.57 Å². The fourth-order valence-electron chi connectivity index (χ4n) is 2.50. The zero-order valence-corrected chi connectivity index (χ0v) is 14.2. The number of aromatic amines is 1. The highest BCUT2D eigenvalue weighted by molar-refractivity contribution is 14.1. The molecule has 0 radical (unpaired) electrons. The van der Waals surface area contributed by atoms with Gasteiger partial charge in [-0.1, -0.05) is 13.0 Å². The van der Waals surface area contributed by atoms with E-state index >= 15 is 0 Å². The fourth-order valence-corrected chi connectivity index (χ4v) is 2.99. The number of aromatic nitrogens is 1. The average molecular weight is 406 g/mol. The highest BCUT2D eigenvalue weighted by Crippen LogP contribution is 2.20. The number of H-pyrrole nitrogens is 1. The number of nitrogens with one attached hydrogen (secondary N) is 2. The summed E-state index contributed by atoms with van der Waals surface area (Å²) in [4.78, 5) is 28.2. The zero-order valence-electron chi connectivity index (χ0n) is 12.1. The zero-order chi connectivity index (χ0) is 15.7. The molecule has 0 bridgehead atoms. The minimum atomic E-state index is -0.159. The predicted octanol–water partition coefficient (Wildman–Crippen LogP) is 3.43. The van der Waals surface area contributed by atoms with E-state index in [1.807, 2.05) is 25.1 Å². The minimum absolute atomic E-state index is 0.0507. The molecule has 1 heterocycles. The van der Waals surface area contributed by atoms with Crippen LogP contribution in [0.3, 0.4) is 0 Å². The van der Waals surface area contributed by atoms with E-state index in [0.717, 1.165) is 15.5 Å². The Bertz CT molecular complexity index is 931. The smallest absolute Gasteiger partial charge is 0.253 e. The Morgan fingerprint density at radius 1 is 1.23 bits per heavy atom. The molecule has 0 spiro atoms. The molecule has 1 aromatic heterocycles. The third kappa shape index (κ3) is 2.61. The normalized spacial score (nSPS) is 11.0. The van der Waals surface area contributed by atoms with Gasteiger partial charge in [0.25, 0.3) is 5.91 Å². The van der Waals surface area contributed by atoms with Crippen LogP contribution in [0.15, 0.2) is 41.2 Å². The van der Waals surface area contributed by atoms with Gasteiger partial charge in [0.1, 0.15) is 0 Å². The summed E-state index contributed by atoms with van der Waals surface area (Å²) in [6, 6.07) is 10.9. The first kappa shape index (κ1) is 15.0. The lowest BCUT2D eigenvalue weighted by atomic mass is 10.1. The van der Waals surface area contributed by atoms with E-state index in [2.05, 4.69) is 32.9 Å². The van der Waals surface area contributed by atoms with Gasteiger partial charge in [-0.05, 0) is 59.3 Å². The molecule has 3 rings (SSSR count). The summed E-state index contributed by atoms with van der Waals surface area (Å²) in [7, 11) is 0. The van der Waals surface area contributed by atoms with Crippen molar-refractivity contribution in [3.05, 3.63) is 55.8 Å². The molecule has 1 amide bonds. The van der Waals surface area contributed by atoms with Crippen LogP contribution in [0.1, 0.15) is 23.7 Å². The van der Waals surface area contributed by atoms with E-state index in [1.54, 1.807) is 18.2 Å². The number of rotatable bonds is 3. The molecule has 0 fully saturated rings. The lowest BCUT2D eigenvalue weighted by molar-refractivity contribution is 0.0955. The molecule has 0 atom stereocenters. The lowest BCUT2D eigenvalue weighted by Crippen LogP contribution is -2.24. The number of carbonyl (C=O) groups excluding carboxylic acids is 1. The Labute approximate surface area is 141 Å². The molecular weight excluding hydrogens is 391 g/mol. The second kappa shape index (κ2) is 6.08. The Balaban J connectivity index is 2.29. The van der Waals surface area contributed by atoms with Crippen molar-refractivity contribution in [2.45, 2.75) is 13.3 Å². The number of amides is 1. The summed E-state index contributed by atoms with van der Waals surface area (Å²) in [6.45, 7) is 2.62. The van der Waals surface area contributed by atoms with Gasteiger partial charge in [0, 0.05) is 20.9 Å². The summed E-state index contributed by atoms with van der Waals surface area (Å²) < 4.78 is 1.04. The summed E-state index contributed by atoms with van der Waals surface area (Å²) in [6.07, 6.45) is 0.869. The maximum atomic E-state index is 12.6. The minimum Gasteiger partial charge on any atom is -0.354 e. The molecule has 0 aliphatic heterocycles. The van der Waals surface area contributed by atoms with Gasteiger partial charge in [-0.25, -0.2) is 0 Å². The molecule has 112 valence electrons. The van der Waals surface area contributed by atoms with E-state index in [0.29, 0.717) is 28.4 Å². The van der Waals surface area contributed by atoms with Crippen molar-refractivity contribution in [2.75, 3.05) is 6.54 Å². The second-order valence-corrected chi connectivity index (χ2v) is 6.37. The lowest BCUT2D eigenvalue weighted by Gasteiger charge is -2.09. The van der Waals surface area contributed by atoms with Gasteiger partial charge in [0.15, 0.2) is 5.43 Å². The van der Waals surface area contributed by atoms with Crippen LogP contribution in [-0.4, -0.2) is 17.4 Å². The molecule has 0 saturated heterocycles. The first-order chi connectivity index (χ1) is 10.6. The number of hydrogen-bond donors (Lipinski definition) is 2. The molecule has 0 aliphatic carbocycles. The first-order valence-corrected chi connectivity index (χ1v) is 8.22. The maximum absolute atomic E-state index is 12.6. The van der Waals surface area contributed by atoms with Gasteiger partial charge < -0.3 is 10.3 Å². The van der Waals surface area contributed by atoms with Crippen molar-refractivity contribution in [1.29, 1.82) is 0 Å². The maximum Gasteiger partial charge on any atom is 0.253 e. The van der Waals surface area contributed by atoms with Crippen molar-refractivity contribution >= 4 is 50.3 Å². The van der Waals surface area contributed by atoms with Crippen LogP contribution in [0.2, 0.25) is 0 Å². The molecule has 4 nitrogen and oxygen atoms in total. The van der Waals surface area contributed by atoms with E-state index in [1.165, 1.54) is 0 Å². The number of fused-ring (bicyclic) bond motifs is 2. The van der Waals surface area contributed by atoms with Crippen LogP contribution in [0.5, 0.6) is 0 Å². The van der Waals surface area contributed by atoms with Gasteiger partial charge in [-0.2, -0.15) is 0 Å². The third-order valence-electron chi connectivity index (χ3n) is 3.58. The summed E-state index contributed by atoms with van der Waals surface area (Å²) in [5.74, 6) is -0.159. The van der Waals surface area contributed by atoms with E-state index < -0.39 is 0 Å². The Morgan fingerprint density at radius 3 is 2.82 bits per heavy atom. The quantitative estimate of drug-likeness (QED) is 0.517. The molecule has 2 aromatic carbocycles. The molecule has 0 aliphatic rings. The standard InChI is InChI=1S/C17H15IN2O2/c1-2-8-19-17(22)13-5-3-4-12-15(13)20-14-9-10(18)6-7-11(14)16(12)21/h3-7,9H,2,8H2,1H3,(H,19,22)(H,20,21). The molecule has 22 heavy (non-hydrogen) atoms. The van der Waals surface area contributed by atoms with Gasteiger partial charge in [0.2, 0.25) is 0 Å². The number of halogens is 1. The van der Waals surface area contributed by atoms with Gasteiger partial charge in [-0.15, -0.1) is 0 Å². The number of para-hydroxylation sites is 1. The van der Waals surface area contributed by atoms with Crippen molar-refractivity contribution in [3.63, 3.8) is 0 Å². The highest BCUT2D eigenvalue weighted by Gasteiger charge is 2.13. The summed E-state index contributed by atoms with van der Waals surface area (Å²) >= 11 is 2.20. The van der Waals surface area contributed by atoms with E-state index in [-0.39, 0.29) is 11.3 Å². The second-order valence-electron chi connectivity index (χ2n) is 5.13. The molecule has 5 heteroatoms. The molecule has 2 N–H and O–H groups in total. The number of carbonyl (C=O) groups is 1. The average Bonchev–Trinajstić information content (AvgIpc) is 2.52. The Hall–Kier alpha value is -1.89. The van der Waals surface area contributed by atoms with Gasteiger partial charge in [-0.3, -0.25) is 9.59 Å². The van der Waals surface area contributed by atoms with Crippen molar-refractivity contribution in [3.8, 4) is 0 Å². The van der Waals surface area contributed by atoms with Crippen LogP contribution in [0.4, 0.5) is 0 Å². The Morgan fingerprint density at radius 2 is 2.05 bits per heavy atom. The van der Waals surface area contributed by atoms with Crippen LogP contribution < -0.4 is 10.7 Å². The van der Waals surface area contributed by atoms with Crippen LogP contribution in [-0.2, 0) is 0 Å². The van der Waals surface area contributed by atoms with Crippen molar-refractivity contribution < 1.29 is 4.79 Å². The van der Waals surface area contributed by atoms with Crippen molar-refractivity contribution in [1.82, 2.24) is 10.3 Å². The number of benzene rings is 2. The molecular formula is C17H15IN2O2. The van der Waals surface area contributed by atoms with Gasteiger partial charge in [0.05, 0.1) is 16.6 Å². The SMILES string of the molecule is CCCNC(=O)c1cccc2c(=O)c3ccc(I)cc3[nH]c12. The fraction of sp³-hybridized carbons (Fsp3) is 0.176. The predicted molar refractivity (Wildman–Crippen MR) is 97.4 cm³/mol. The highest BCUT2D eigenvalue weighted by atomic mass is 127. The molecule has 0 unspecified atom stereocenters. The van der Waals surface area contributed by atoms with Crippen LogP contribution in [0.25, 0.3) is 21.8 Å². The van der Waals surface area contributed by atoms with Gasteiger partial charge >= 0.3 is 0 Å². The number of pyridine rings is 1. The first-order valence-electron chi connectivity index (χ1n) is 7.14. The van der Waals surface area contributed by atoms with E-state index in [9.17, 15) is 9.59 Å². The summed E-state index contributed by atoms with van der Waals surface area (Å²) in [5.41, 5.74) is 1.80. The largest absolute Gasteiger partial charge is 0.354 e. The van der Waals surface area contributed by atoms with Crippen molar-refractivity contribution in [2.24, 2.45) is 0 Å². The molecule has 3 aromatic rings. The molecule has 0 saturated carbocycles.